The van der Waals surface area contributed by atoms with E-state index in [0.29, 0.717) is 5.56 Å². The van der Waals surface area contributed by atoms with Gasteiger partial charge < -0.3 is 5.11 Å². The lowest BCUT2D eigenvalue weighted by atomic mass is 10.1. The van der Waals surface area contributed by atoms with Gasteiger partial charge in [-0.15, -0.1) is 0 Å². The van der Waals surface area contributed by atoms with Crippen molar-refractivity contribution in [3.63, 3.8) is 0 Å². The third kappa shape index (κ3) is 3.08. The second-order valence-corrected chi connectivity index (χ2v) is 4.06. The molecule has 0 saturated heterocycles. The highest BCUT2D eigenvalue weighted by Gasteiger charge is 2.08. The van der Waals surface area contributed by atoms with Gasteiger partial charge in [0.1, 0.15) is 5.75 Å². The van der Waals surface area contributed by atoms with E-state index in [0.717, 1.165) is 0 Å². The van der Waals surface area contributed by atoms with Crippen LogP contribution < -0.4 is 0 Å². The lowest BCUT2D eigenvalue weighted by Gasteiger charge is -1.99. The summed E-state index contributed by atoms with van der Waals surface area (Å²) in [5, 5.41) is 20.3. The van der Waals surface area contributed by atoms with E-state index in [1.165, 1.54) is 30.4 Å². The minimum absolute atomic E-state index is 0.118. The molecule has 0 atom stereocenters. The molecule has 2 aromatic carbocycles. The van der Waals surface area contributed by atoms with Gasteiger partial charge >= 0.3 is 0 Å². The molecule has 0 aliphatic heterocycles. The zero-order valence-electron chi connectivity index (χ0n) is 10.4. The number of allylic oxidation sites excluding steroid dienone is 1. The lowest BCUT2D eigenvalue weighted by molar-refractivity contribution is -0.384. The summed E-state index contributed by atoms with van der Waals surface area (Å²) in [6.45, 7) is 0. The maximum absolute atomic E-state index is 11.8. The molecule has 5 nitrogen and oxygen atoms in total. The van der Waals surface area contributed by atoms with Crippen molar-refractivity contribution in [1.29, 1.82) is 0 Å². The van der Waals surface area contributed by atoms with Crippen LogP contribution in [0.15, 0.2) is 54.6 Å². The molecule has 2 aromatic rings. The molecule has 0 radical (unpaired) electrons. The number of phenols is 1. The van der Waals surface area contributed by atoms with Crippen LogP contribution in [0.25, 0.3) is 6.08 Å². The summed E-state index contributed by atoms with van der Waals surface area (Å²) in [5.74, 6) is -0.357. The van der Waals surface area contributed by atoms with Crippen LogP contribution in [0.5, 0.6) is 5.75 Å². The molecule has 0 saturated carbocycles. The van der Waals surface area contributed by atoms with Gasteiger partial charge in [0.15, 0.2) is 5.78 Å². The smallest absolute Gasteiger partial charge is 0.270 e. The summed E-state index contributed by atoms with van der Waals surface area (Å²) in [6, 6.07) is 12.3. The lowest BCUT2D eigenvalue weighted by Crippen LogP contribution is -1.93. The number of hydrogen-bond acceptors (Lipinski definition) is 4. The van der Waals surface area contributed by atoms with E-state index >= 15 is 0 Å². The van der Waals surface area contributed by atoms with Crippen molar-refractivity contribution in [3.05, 3.63) is 75.8 Å². The zero-order valence-corrected chi connectivity index (χ0v) is 10.4. The molecule has 0 amide bonds. The molecular formula is C15H11NO4. The first-order chi connectivity index (χ1) is 9.58. The number of phenolic OH excluding ortho intramolecular Hbond substituents is 1. The predicted molar refractivity (Wildman–Crippen MR) is 74.6 cm³/mol. The summed E-state index contributed by atoms with van der Waals surface area (Å²) in [4.78, 5) is 21.9. The standard InChI is InChI=1S/C15H11NO4/c17-14(11-4-2-1-3-5-11)8-6-12-10-13(16(19)20)7-9-15(12)18/h1-10,18H/b8-6+. The number of benzene rings is 2. The number of ketones is 1. The van der Waals surface area contributed by atoms with Gasteiger partial charge in [-0.3, -0.25) is 14.9 Å². The van der Waals surface area contributed by atoms with Crippen LogP contribution in [0.3, 0.4) is 0 Å². The first-order valence-electron chi connectivity index (χ1n) is 5.83. The van der Waals surface area contributed by atoms with Crippen LogP contribution in [0, 0.1) is 10.1 Å². The molecule has 0 aliphatic carbocycles. The van der Waals surface area contributed by atoms with Crippen molar-refractivity contribution < 1.29 is 14.8 Å². The number of carbonyl (C=O) groups excluding carboxylic acids is 1. The quantitative estimate of drug-likeness (QED) is 0.400. The van der Waals surface area contributed by atoms with Gasteiger partial charge in [0.2, 0.25) is 0 Å². The molecule has 0 fully saturated rings. The average molecular weight is 269 g/mol. The van der Waals surface area contributed by atoms with Gasteiger partial charge in [-0.1, -0.05) is 30.3 Å². The van der Waals surface area contributed by atoms with Crippen molar-refractivity contribution in [1.82, 2.24) is 0 Å². The Morgan fingerprint density at radius 2 is 1.85 bits per heavy atom. The second kappa shape index (κ2) is 5.79. The van der Waals surface area contributed by atoms with Crippen LogP contribution in [0.1, 0.15) is 15.9 Å². The Morgan fingerprint density at radius 3 is 2.50 bits per heavy atom. The normalized spacial score (nSPS) is 10.6. The van der Waals surface area contributed by atoms with Crippen LogP contribution in [-0.2, 0) is 0 Å². The predicted octanol–water partition coefficient (Wildman–Crippen LogP) is 3.20. The third-order valence-corrected chi connectivity index (χ3v) is 2.69. The number of nitrogens with zero attached hydrogens (tertiary/aromatic N) is 1. The molecule has 20 heavy (non-hydrogen) atoms. The first kappa shape index (κ1) is 13.5. The van der Waals surface area contributed by atoms with Gasteiger partial charge in [0, 0.05) is 23.3 Å². The highest BCUT2D eigenvalue weighted by molar-refractivity contribution is 6.06. The molecule has 1 N–H and O–H groups in total. The molecular weight excluding hydrogens is 258 g/mol. The van der Waals surface area contributed by atoms with Crippen molar-refractivity contribution in [3.8, 4) is 5.75 Å². The molecule has 0 unspecified atom stereocenters. The number of nitro benzene ring substituents is 1. The van der Waals surface area contributed by atoms with Gasteiger partial charge in [0.05, 0.1) is 4.92 Å². The van der Waals surface area contributed by atoms with Crippen LogP contribution in [0.2, 0.25) is 0 Å². The Hall–Kier alpha value is -2.95. The Balaban J connectivity index is 2.25. The summed E-state index contributed by atoms with van der Waals surface area (Å²) < 4.78 is 0. The second-order valence-electron chi connectivity index (χ2n) is 4.06. The number of carbonyl (C=O) groups is 1. The fourth-order valence-corrected chi connectivity index (χ4v) is 1.65. The van der Waals surface area contributed by atoms with Crippen molar-refractivity contribution in [2.45, 2.75) is 0 Å². The highest BCUT2D eigenvalue weighted by Crippen LogP contribution is 2.24. The molecule has 5 heteroatoms. The van der Waals surface area contributed by atoms with E-state index in [2.05, 4.69) is 0 Å². The fraction of sp³-hybridized carbons (Fsp3) is 0. The van der Waals surface area contributed by atoms with Crippen LogP contribution >= 0.6 is 0 Å². The van der Waals surface area contributed by atoms with E-state index in [1.807, 2.05) is 0 Å². The number of nitro groups is 1. The van der Waals surface area contributed by atoms with E-state index in [-0.39, 0.29) is 22.8 Å². The average Bonchev–Trinajstić information content (AvgIpc) is 2.46. The summed E-state index contributed by atoms with van der Waals surface area (Å²) in [6.07, 6.45) is 2.63. The van der Waals surface area contributed by atoms with Crippen molar-refractivity contribution >= 4 is 17.5 Å². The fourth-order valence-electron chi connectivity index (χ4n) is 1.65. The maximum Gasteiger partial charge on any atom is 0.270 e. The van der Waals surface area contributed by atoms with E-state index < -0.39 is 4.92 Å². The number of rotatable bonds is 4. The third-order valence-electron chi connectivity index (χ3n) is 2.69. The van der Waals surface area contributed by atoms with Gasteiger partial charge in [-0.25, -0.2) is 0 Å². The molecule has 0 aromatic heterocycles. The number of aromatic hydroxyl groups is 1. The van der Waals surface area contributed by atoms with Gasteiger partial charge in [0.25, 0.3) is 5.69 Å². The van der Waals surface area contributed by atoms with Crippen molar-refractivity contribution in [2.75, 3.05) is 0 Å². The highest BCUT2D eigenvalue weighted by atomic mass is 16.6. The van der Waals surface area contributed by atoms with Crippen LogP contribution in [0.4, 0.5) is 5.69 Å². The Kier molecular flexibility index (Phi) is 3.91. The first-order valence-corrected chi connectivity index (χ1v) is 5.83. The van der Waals surface area contributed by atoms with Gasteiger partial charge in [-0.05, 0) is 18.2 Å². The summed E-state index contributed by atoms with van der Waals surface area (Å²) in [7, 11) is 0. The minimum atomic E-state index is -0.560. The molecule has 0 aliphatic rings. The largest absolute Gasteiger partial charge is 0.507 e. The van der Waals surface area contributed by atoms with Gasteiger partial charge in [-0.2, -0.15) is 0 Å². The molecule has 0 spiro atoms. The maximum atomic E-state index is 11.8. The molecule has 0 heterocycles. The SMILES string of the molecule is O=C(/C=C/c1cc([N+](=O)[O-])ccc1O)c1ccccc1. The zero-order chi connectivity index (χ0) is 14.5. The van der Waals surface area contributed by atoms with E-state index in [4.69, 9.17) is 0 Å². The van der Waals surface area contributed by atoms with E-state index in [1.54, 1.807) is 30.3 Å². The monoisotopic (exact) mass is 269 g/mol. The topological polar surface area (TPSA) is 80.4 Å². The van der Waals surface area contributed by atoms with Crippen LogP contribution in [-0.4, -0.2) is 15.8 Å². The summed E-state index contributed by atoms with van der Waals surface area (Å²) >= 11 is 0. The molecule has 100 valence electrons. The van der Waals surface area contributed by atoms with E-state index in [9.17, 15) is 20.0 Å². The van der Waals surface area contributed by atoms with Crippen molar-refractivity contribution in [2.24, 2.45) is 0 Å². The minimum Gasteiger partial charge on any atom is -0.507 e. The molecule has 2 rings (SSSR count). The number of hydrogen-bond donors (Lipinski definition) is 1. The molecule has 0 bridgehead atoms. The Bertz CT molecular complexity index is 678. The summed E-state index contributed by atoms with van der Waals surface area (Å²) in [5.41, 5.74) is 0.590. The Morgan fingerprint density at radius 1 is 1.15 bits per heavy atom. The Labute approximate surface area is 115 Å². The number of non-ortho nitro benzene ring substituents is 1.